The molecule has 78 valence electrons. The van der Waals surface area contributed by atoms with Crippen LogP contribution in [0.3, 0.4) is 0 Å². The molecule has 4 saturated carbocycles. The largest absolute Gasteiger partial charge is 0.393 e. The van der Waals surface area contributed by atoms with Crippen molar-refractivity contribution in [3.63, 3.8) is 0 Å². The normalized spacial score (nSPS) is 51.8. The van der Waals surface area contributed by atoms with Gasteiger partial charge in [-0.1, -0.05) is 0 Å². The molecule has 4 rings (SSSR count). The lowest BCUT2D eigenvalue weighted by Crippen LogP contribution is -2.00. The molecule has 4 aliphatic rings. The summed E-state index contributed by atoms with van der Waals surface area (Å²) < 4.78 is 0. The number of hydrogen-bond acceptors (Lipinski definition) is 2. The third kappa shape index (κ3) is 1.72. The number of ketones is 1. The number of aliphatic hydroxyl groups is 1. The predicted molar refractivity (Wildman–Crippen MR) is 52.7 cm³/mol. The third-order valence-electron chi connectivity index (χ3n) is 4.27. The van der Waals surface area contributed by atoms with Crippen LogP contribution in [-0.2, 0) is 4.79 Å². The zero-order valence-corrected chi connectivity index (χ0v) is 8.48. The topological polar surface area (TPSA) is 37.3 Å². The standard InChI is InChI=1S/C6H10O.C6H8O/c2*7-6-2-4-1-5(4)3-6/h4-7H,1-3H2;4-5H,1-3H2. The summed E-state index contributed by atoms with van der Waals surface area (Å²) in [7, 11) is 0. The molecule has 0 bridgehead atoms. The Morgan fingerprint density at radius 1 is 0.857 bits per heavy atom. The maximum atomic E-state index is 10.5. The van der Waals surface area contributed by atoms with Crippen molar-refractivity contribution in [3.8, 4) is 0 Å². The van der Waals surface area contributed by atoms with Crippen molar-refractivity contribution in [3.05, 3.63) is 0 Å². The molecule has 0 spiro atoms. The van der Waals surface area contributed by atoms with Crippen LogP contribution in [0, 0.1) is 23.7 Å². The van der Waals surface area contributed by atoms with Gasteiger partial charge in [-0.3, -0.25) is 4.79 Å². The first-order valence-corrected chi connectivity index (χ1v) is 5.92. The van der Waals surface area contributed by atoms with Gasteiger partial charge < -0.3 is 5.11 Å². The highest BCUT2D eigenvalue weighted by Crippen LogP contribution is 2.51. The SMILES string of the molecule is O=C1CC2CC2C1.OC1CC2CC2C1. The molecule has 1 N–H and O–H groups in total. The van der Waals surface area contributed by atoms with Crippen molar-refractivity contribution in [2.45, 2.75) is 44.6 Å². The molecule has 4 fully saturated rings. The minimum atomic E-state index is 0.0729. The Balaban J connectivity index is 0.0000000914. The van der Waals surface area contributed by atoms with Gasteiger partial charge >= 0.3 is 0 Å². The summed E-state index contributed by atoms with van der Waals surface area (Å²) in [5, 5.41) is 8.93. The first-order chi connectivity index (χ1) is 6.72. The highest BCUT2D eigenvalue weighted by molar-refractivity contribution is 5.82. The van der Waals surface area contributed by atoms with E-state index in [2.05, 4.69) is 0 Å². The van der Waals surface area contributed by atoms with Gasteiger partial charge in [-0.25, -0.2) is 0 Å². The Kier molecular flexibility index (Phi) is 1.94. The molecule has 0 aromatic rings. The molecule has 0 aromatic heterocycles. The van der Waals surface area contributed by atoms with Crippen LogP contribution in [-0.4, -0.2) is 17.0 Å². The van der Waals surface area contributed by atoms with E-state index < -0.39 is 0 Å². The number of Topliss-reactive ketones (excluding diaryl/α,β-unsaturated/α-hetero) is 1. The summed E-state index contributed by atoms with van der Waals surface area (Å²) in [5.74, 6) is 4.06. The number of carbonyl (C=O) groups is 1. The van der Waals surface area contributed by atoms with Gasteiger partial charge in [0.05, 0.1) is 6.10 Å². The van der Waals surface area contributed by atoms with Crippen LogP contribution in [0.15, 0.2) is 0 Å². The highest BCUT2D eigenvalue weighted by Gasteiger charge is 2.45. The monoisotopic (exact) mass is 194 g/mol. The highest BCUT2D eigenvalue weighted by atomic mass is 16.3. The molecule has 4 unspecified atom stereocenters. The van der Waals surface area contributed by atoms with E-state index >= 15 is 0 Å². The molecule has 0 aliphatic heterocycles. The first-order valence-electron chi connectivity index (χ1n) is 5.92. The molecular formula is C12H18O2. The molecule has 0 radical (unpaired) electrons. The van der Waals surface area contributed by atoms with E-state index in [-0.39, 0.29) is 6.10 Å². The fourth-order valence-corrected chi connectivity index (χ4v) is 3.16. The van der Waals surface area contributed by atoms with Crippen LogP contribution in [0.25, 0.3) is 0 Å². The van der Waals surface area contributed by atoms with Gasteiger partial charge in [0.1, 0.15) is 5.78 Å². The van der Waals surface area contributed by atoms with Gasteiger partial charge in [0.25, 0.3) is 0 Å². The Morgan fingerprint density at radius 2 is 1.36 bits per heavy atom. The second kappa shape index (κ2) is 3.06. The summed E-state index contributed by atoms with van der Waals surface area (Å²) in [4.78, 5) is 10.5. The van der Waals surface area contributed by atoms with E-state index in [0.29, 0.717) is 5.78 Å². The van der Waals surface area contributed by atoms with Gasteiger partial charge in [0, 0.05) is 12.8 Å². The van der Waals surface area contributed by atoms with Gasteiger partial charge in [0.15, 0.2) is 0 Å². The van der Waals surface area contributed by atoms with Crippen LogP contribution >= 0.6 is 0 Å². The molecule has 0 aromatic carbocycles. The van der Waals surface area contributed by atoms with Crippen LogP contribution in [0.1, 0.15) is 38.5 Å². The maximum absolute atomic E-state index is 10.5. The van der Waals surface area contributed by atoms with Crippen molar-refractivity contribution < 1.29 is 9.90 Å². The summed E-state index contributed by atoms with van der Waals surface area (Å²) >= 11 is 0. The van der Waals surface area contributed by atoms with E-state index in [9.17, 15) is 4.79 Å². The van der Waals surface area contributed by atoms with E-state index in [4.69, 9.17) is 5.11 Å². The summed E-state index contributed by atoms with van der Waals surface area (Å²) in [6, 6.07) is 0. The van der Waals surface area contributed by atoms with Crippen molar-refractivity contribution in [1.82, 2.24) is 0 Å². The quantitative estimate of drug-likeness (QED) is 0.638. The molecule has 0 saturated heterocycles. The minimum absolute atomic E-state index is 0.0729. The van der Waals surface area contributed by atoms with Gasteiger partial charge in [-0.2, -0.15) is 0 Å². The van der Waals surface area contributed by atoms with Crippen molar-refractivity contribution in [2.75, 3.05) is 0 Å². The number of rotatable bonds is 0. The Hall–Kier alpha value is -0.370. The summed E-state index contributed by atoms with van der Waals surface area (Å²) in [5.41, 5.74) is 0. The van der Waals surface area contributed by atoms with Crippen LogP contribution < -0.4 is 0 Å². The molecule has 2 heteroatoms. The Morgan fingerprint density at radius 3 is 1.64 bits per heavy atom. The number of fused-ring (bicyclic) bond motifs is 2. The van der Waals surface area contributed by atoms with Gasteiger partial charge in [-0.15, -0.1) is 0 Å². The van der Waals surface area contributed by atoms with Gasteiger partial charge in [-0.05, 0) is 49.4 Å². The second-order valence-corrected chi connectivity index (χ2v) is 5.58. The summed E-state index contributed by atoms with van der Waals surface area (Å²) in [6.07, 6.45) is 6.86. The zero-order valence-electron chi connectivity index (χ0n) is 8.48. The minimum Gasteiger partial charge on any atom is -0.393 e. The maximum Gasteiger partial charge on any atom is 0.133 e. The first kappa shape index (κ1) is 8.90. The molecular weight excluding hydrogens is 176 g/mol. The van der Waals surface area contributed by atoms with Gasteiger partial charge in [0.2, 0.25) is 0 Å². The number of carbonyl (C=O) groups excluding carboxylic acids is 1. The third-order valence-corrected chi connectivity index (χ3v) is 4.27. The van der Waals surface area contributed by atoms with Crippen molar-refractivity contribution >= 4 is 5.78 Å². The average Bonchev–Trinajstić information content (AvgIpc) is 2.94. The van der Waals surface area contributed by atoms with E-state index in [1.807, 2.05) is 0 Å². The average molecular weight is 194 g/mol. The zero-order chi connectivity index (χ0) is 9.71. The lowest BCUT2D eigenvalue weighted by Gasteiger charge is -1.98. The van der Waals surface area contributed by atoms with Crippen LogP contribution in [0.4, 0.5) is 0 Å². The lowest BCUT2D eigenvalue weighted by molar-refractivity contribution is -0.118. The molecule has 14 heavy (non-hydrogen) atoms. The molecule has 2 nitrogen and oxygen atoms in total. The van der Waals surface area contributed by atoms with E-state index in [1.54, 1.807) is 0 Å². The number of aliphatic hydroxyl groups excluding tert-OH is 1. The Labute approximate surface area is 84.7 Å². The smallest absolute Gasteiger partial charge is 0.133 e. The Bertz CT molecular complexity index is 239. The molecule has 4 atom stereocenters. The molecule has 0 amide bonds. The predicted octanol–water partition coefficient (Wildman–Crippen LogP) is 1.76. The summed E-state index contributed by atoms with van der Waals surface area (Å²) in [6.45, 7) is 0. The lowest BCUT2D eigenvalue weighted by atomic mass is 10.2. The van der Waals surface area contributed by atoms with E-state index in [0.717, 1.165) is 49.4 Å². The van der Waals surface area contributed by atoms with Crippen LogP contribution in [0.2, 0.25) is 0 Å². The molecule has 4 aliphatic carbocycles. The fourth-order valence-electron chi connectivity index (χ4n) is 3.16. The molecule has 0 heterocycles. The van der Waals surface area contributed by atoms with Crippen molar-refractivity contribution in [2.24, 2.45) is 23.7 Å². The fraction of sp³-hybridized carbons (Fsp3) is 0.917. The van der Waals surface area contributed by atoms with Crippen molar-refractivity contribution in [1.29, 1.82) is 0 Å². The number of hydrogen-bond donors (Lipinski definition) is 1. The van der Waals surface area contributed by atoms with Crippen LogP contribution in [0.5, 0.6) is 0 Å². The van der Waals surface area contributed by atoms with E-state index in [1.165, 1.54) is 12.8 Å². The second-order valence-electron chi connectivity index (χ2n) is 5.58.